The van der Waals surface area contributed by atoms with Crippen molar-refractivity contribution in [2.24, 2.45) is 5.73 Å². The molecule has 0 amide bonds. The zero-order valence-corrected chi connectivity index (χ0v) is 8.42. The number of hydrogen-bond acceptors (Lipinski definition) is 2. The lowest BCUT2D eigenvalue weighted by atomic mass is 9.97. The van der Waals surface area contributed by atoms with Gasteiger partial charge in [0.25, 0.3) is 0 Å². The van der Waals surface area contributed by atoms with Gasteiger partial charge in [-0.1, -0.05) is 6.07 Å². The Bertz CT molecular complexity index is 388. The van der Waals surface area contributed by atoms with Gasteiger partial charge >= 0.3 is 0 Å². The number of methoxy groups -OCH3 is 1. The highest BCUT2D eigenvalue weighted by Gasteiger charge is 2.56. The largest absolute Gasteiger partial charge is 0.497 e. The number of fused-ring (bicyclic) bond motifs is 2. The fraction of sp³-hybridized carbons (Fsp3) is 0.500. The number of aryl methyl sites for hydroxylation is 1. The summed E-state index contributed by atoms with van der Waals surface area (Å²) in [4.78, 5) is 0. The van der Waals surface area contributed by atoms with Crippen LogP contribution in [0.1, 0.15) is 24.0 Å². The summed E-state index contributed by atoms with van der Waals surface area (Å²) < 4.78 is 5.25. The molecule has 1 fully saturated rings. The van der Waals surface area contributed by atoms with E-state index in [-0.39, 0.29) is 0 Å². The Morgan fingerprint density at radius 2 is 2.29 bits per heavy atom. The summed E-state index contributed by atoms with van der Waals surface area (Å²) in [6.45, 7) is 0. The van der Waals surface area contributed by atoms with Crippen molar-refractivity contribution < 1.29 is 4.74 Å². The van der Waals surface area contributed by atoms with Crippen LogP contribution in [0.25, 0.3) is 0 Å². The van der Waals surface area contributed by atoms with Crippen LogP contribution in [0.5, 0.6) is 5.75 Å². The van der Waals surface area contributed by atoms with Gasteiger partial charge in [-0.05, 0) is 42.5 Å². The van der Waals surface area contributed by atoms with Crippen molar-refractivity contribution in [2.75, 3.05) is 7.11 Å². The number of nitrogens with two attached hydrogens (primary N) is 1. The fourth-order valence-corrected chi connectivity index (χ4v) is 2.79. The Hall–Kier alpha value is -1.02. The van der Waals surface area contributed by atoms with Crippen LogP contribution in [0, 0.1) is 0 Å². The molecule has 1 aromatic carbocycles. The molecule has 1 saturated carbocycles. The predicted octanol–water partition coefficient (Wildman–Crippen LogP) is 1.61. The molecule has 2 nitrogen and oxygen atoms in total. The fourth-order valence-electron chi connectivity index (χ4n) is 2.79. The Labute approximate surface area is 84.1 Å². The Kier molecular flexibility index (Phi) is 1.49. The van der Waals surface area contributed by atoms with Crippen molar-refractivity contribution in [1.29, 1.82) is 0 Å². The third-order valence-corrected chi connectivity index (χ3v) is 3.83. The van der Waals surface area contributed by atoms with Crippen molar-refractivity contribution in [3.05, 3.63) is 29.3 Å². The van der Waals surface area contributed by atoms with Gasteiger partial charge in [0.15, 0.2) is 0 Å². The molecule has 3 rings (SSSR count). The number of ether oxygens (including phenoxy) is 1. The molecule has 0 unspecified atom stereocenters. The average molecular weight is 189 g/mol. The smallest absolute Gasteiger partial charge is 0.119 e. The summed E-state index contributed by atoms with van der Waals surface area (Å²) >= 11 is 0. The van der Waals surface area contributed by atoms with Gasteiger partial charge in [-0.3, -0.25) is 0 Å². The maximum Gasteiger partial charge on any atom is 0.119 e. The summed E-state index contributed by atoms with van der Waals surface area (Å²) in [6.07, 6.45) is 3.58. The first-order valence-corrected chi connectivity index (χ1v) is 5.19. The molecule has 2 heteroatoms. The van der Waals surface area contributed by atoms with Gasteiger partial charge in [0.05, 0.1) is 7.11 Å². The van der Waals surface area contributed by atoms with E-state index < -0.39 is 0 Å². The van der Waals surface area contributed by atoms with Crippen LogP contribution in [-0.4, -0.2) is 13.2 Å². The average Bonchev–Trinajstić information content (AvgIpc) is 2.71. The van der Waals surface area contributed by atoms with Crippen molar-refractivity contribution in [1.82, 2.24) is 0 Å². The molecule has 2 atom stereocenters. The number of hydrogen-bond donors (Lipinski definition) is 1. The molecule has 0 aliphatic heterocycles. The minimum absolute atomic E-state index is 0.323. The van der Waals surface area contributed by atoms with Crippen LogP contribution in [0.2, 0.25) is 0 Å². The summed E-state index contributed by atoms with van der Waals surface area (Å²) in [5.41, 5.74) is 9.27. The topological polar surface area (TPSA) is 35.2 Å². The molecular weight excluding hydrogens is 174 g/mol. The summed E-state index contributed by atoms with van der Waals surface area (Å²) in [5.74, 6) is 0.962. The van der Waals surface area contributed by atoms with Crippen LogP contribution in [0.4, 0.5) is 0 Å². The third-order valence-electron chi connectivity index (χ3n) is 3.83. The van der Waals surface area contributed by atoms with E-state index in [0.717, 1.165) is 12.2 Å². The Morgan fingerprint density at radius 3 is 2.93 bits per heavy atom. The highest BCUT2D eigenvalue weighted by Crippen LogP contribution is 2.56. The lowest BCUT2D eigenvalue weighted by molar-refractivity contribution is 0.413. The van der Waals surface area contributed by atoms with Crippen molar-refractivity contribution in [3.8, 4) is 5.75 Å². The molecule has 0 saturated heterocycles. The molecule has 0 heterocycles. The second kappa shape index (κ2) is 2.51. The quantitative estimate of drug-likeness (QED) is 0.728. The molecule has 2 aliphatic rings. The zero-order chi connectivity index (χ0) is 9.76. The maximum atomic E-state index is 6.03. The normalized spacial score (nSPS) is 33.1. The summed E-state index contributed by atoms with van der Waals surface area (Å²) in [7, 11) is 1.72. The van der Waals surface area contributed by atoms with E-state index >= 15 is 0 Å². The minimum Gasteiger partial charge on any atom is -0.497 e. The molecule has 2 N–H and O–H groups in total. The van der Waals surface area contributed by atoms with Gasteiger partial charge in [-0.15, -0.1) is 0 Å². The first kappa shape index (κ1) is 8.30. The van der Waals surface area contributed by atoms with Crippen LogP contribution >= 0.6 is 0 Å². The number of rotatable bonds is 1. The second-order valence-corrected chi connectivity index (χ2v) is 4.49. The van der Waals surface area contributed by atoms with Gasteiger partial charge < -0.3 is 10.5 Å². The molecule has 1 aromatic rings. The standard InChI is InChI=1S/C12H15NO/c1-14-9-3-2-8-4-5-12(7-11(12)13)10(8)6-9/h2-3,6,11H,4-5,7,13H2,1H3/t11-,12+/m0/s1. The van der Waals surface area contributed by atoms with E-state index in [1.54, 1.807) is 7.11 Å². The van der Waals surface area contributed by atoms with Crippen LogP contribution in [-0.2, 0) is 11.8 Å². The van der Waals surface area contributed by atoms with Crippen LogP contribution < -0.4 is 10.5 Å². The molecule has 0 aromatic heterocycles. The number of benzene rings is 1. The van der Waals surface area contributed by atoms with E-state index in [4.69, 9.17) is 10.5 Å². The van der Waals surface area contributed by atoms with E-state index in [0.29, 0.717) is 11.5 Å². The van der Waals surface area contributed by atoms with Crippen molar-refractivity contribution in [2.45, 2.75) is 30.7 Å². The molecule has 74 valence electrons. The Morgan fingerprint density at radius 1 is 1.50 bits per heavy atom. The van der Waals surface area contributed by atoms with E-state index in [1.807, 2.05) is 6.07 Å². The molecule has 2 aliphatic carbocycles. The van der Waals surface area contributed by atoms with Crippen LogP contribution in [0.3, 0.4) is 0 Å². The zero-order valence-electron chi connectivity index (χ0n) is 8.42. The maximum absolute atomic E-state index is 6.03. The highest BCUT2D eigenvalue weighted by molar-refractivity contribution is 5.49. The lowest BCUT2D eigenvalue weighted by Crippen LogP contribution is -2.15. The predicted molar refractivity (Wildman–Crippen MR) is 55.6 cm³/mol. The third kappa shape index (κ3) is 0.894. The molecule has 0 radical (unpaired) electrons. The lowest BCUT2D eigenvalue weighted by Gasteiger charge is -2.10. The molecule has 14 heavy (non-hydrogen) atoms. The van der Waals surface area contributed by atoms with E-state index in [2.05, 4.69) is 12.1 Å². The molecule has 0 bridgehead atoms. The first-order valence-electron chi connectivity index (χ1n) is 5.19. The highest BCUT2D eigenvalue weighted by atomic mass is 16.5. The first-order chi connectivity index (χ1) is 6.76. The van der Waals surface area contributed by atoms with Gasteiger partial charge in [-0.2, -0.15) is 0 Å². The van der Waals surface area contributed by atoms with E-state index in [1.165, 1.54) is 24.0 Å². The molecular formula is C12H15NO. The van der Waals surface area contributed by atoms with Gasteiger partial charge in [0, 0.05) is 11.5 Å². The van der Waals surface area contributed by atoms with E-state index in [9.17, 15) is 0 Å². The van der Waals surface area contributed by atoms with Crippen molar-refractivity contribution in [3.63, 3.8) is 0 Å². The van der Waals surface area contributed by atoms with Crippen LogP contribution in [0.15, 0.2) is 18.2 Å². The monoisotopic (exact) mass is 189 g/mol. The van der Waals surface area contributed by atoms with Crippen molar-refractivity contribution >= 4 is 0 Å². The summed E-state index contributed by atoms with van der Waals surface area (Å²) in [6, 6.07) is 6.80. The Balaban J connectivity index is 2.09. The van der Waals surface area contributed by atoms with Gasteiger partial charge in [0.2, 0.25) is 0 Å². The minimum atomic E-state index is 0.323. The molecule has 1 spiro atoms. The summed E-state index contributed by atoms with van der Waals surface area (Å²) in [5, 5.41) is 0. The second-order valence-electron chi connectivity index (χ2n) is 4.49. The van der Waals surface area contributed by atoms with Gasteiger partial charge in [-0.25, -0.2) is 0 Å². The SMILES string of the molecule is COc1ccc2c(c1)[C@@]1(CC2)C[C@@H]1N. The van der Waals surface area contributed by atoms with Gasteiger partial charge in [0.1, 0.15) is 5.75 Å².